The standard InChI is InChI=1S/C13H22N4O/c1-3-10(4-2)17(8-9-18)11-6-5-7-16-12(11)13(14)15/h5-7,10,18H,3-4,8-9H2,1-2H3,(H3,14,15). The van der Waals surface area contributed by atoms with E-state index in [2.05, 4.69) is 23.7 Å². The van der Waals surface area contributed by atoms with E-state index in [1.54, 1.807) is 6.20 Å². The Labute approximate surface area is 108 Å². The number of nitrogens with two attached hydrogens (primary N) is 1. The minimum atomic E-state index is -0.0421. The molecule has 0 atom stereocenters. The van der Waals surface area contributed by atoms with Crippen molar-refractivity contribution in [1.82, 2.24) is 4.98 Å². The van der Waals surface area contributed by atoms with Gasteiger partial charge in [0.25, 0.3) is 0 Å². The first-order valence-corrected chi connectivity index (χ1v) is 6.32. The van der Waals surface area contributed by atoms with Gasteiger partial charge in [0.15, 0.2) is 0 Å². The highest BCUT2D eigenvalue weighted by atomic mass is 16.3. The van der Waals surface area contributed by atoms with Crippen LogP contribution in [0.1, 0.15) is 32.4 Å². The summed E-state index contributed by atoms with van der Waals surface area (Å²) in [4.78, 5) is 6.25. The highest BCUT2D eigenvalue weighted by Gasteiger charge is 2.19. The second-order valence-corrected chi connectivity index (χ2v) is 4.17. The van der Waals surface area contributed by atoms with Crippen LogP contribution in [0.2, 0.25) is 0 Å². The van der Waals surface area contributed by atoms with Crippen LogP contribution in [-0.4, -0.2) is 35.1 Å². The Morgan fingerprint density at radius 2 is 2.17 bits per heavy atom. The molecular formula is C13H22N4O. The Hall–Kier alpha value is -1.62. The molecule has 100 valence electrons. The zero-order valence-electron chi connectivity index (χ0n) is 11.1. The molecule has 1 aromatic heterocycles. The Morgan fingerprint density at radius 1 is 1.50 bits per heavy atom. The molecule has 0 amide bonds. The lowest BCUT2D eigenvalue weighted by atomic mass is 10.1. The number of aliphatic hydroxyl groups is 1. The first kappa shape index (κ1) is 14.4. The maximum absolute atomic E-state index is 9.22. The number of hydrogen-bond donors (Lipinski definition) is 3. The van der Waals surface area contributed by atoms with E-state index in [9.17, 15) is 5.11 Å². The molecule has 1 rings (SSSR count). The quantitative estimate of drug-likeness (QED) is 0.503. The van der Waals surface area contributed by atoms with E-state index in [1.165, 1.54) is 0 Å². The fourth-order valence-electron chi connectivity index (χ4n) is 2.17. The van der Waals surface area contributed by atoms with Gasteiger partial charge < -0.3 is 15.7 Å². The van der Waals surface area contributed by atoms with Gasteiger partial charge in [0.2, 0.25) is 0 Å². The number of amidine groups is 1. The normalized spacial score (nSPS) is 10.7. The third-order valence-electron chi connectivity index (χ3n) is 3.08. The number of aromatic nitrogens is 1. The number of nitrogen functional groups attached to an aromatic ring is 1. The van der Waals surface area contributed by atoms with Crippen LogP contribution in [0, 0.1) is 5.41 Å². The molecule has 5 nitrogen and oxygen atoms in total. The van der Waals surface area contributed by atoms with Crippen molar-refractivity contribution in [1.29, 1.82) is 5.41 Å². The molecule has 0 unspecified atom stereocenters. The van der Waals surface area contributed by atoms with Crippen molar-refractivity contribution in [3.8, 4) is 0 Å². The van der Waals surface area contributed by atoms with Crippen LogP contribution < -0.4 is 10.6 Å². The fourth-order valence-corrected chi connectivity index (χ4v) is 2.17. The van der Waals surface area contributed by atoms with Crippen LogP contribution in [0.3, 0.4) is 0 Å². The number of nitrogens with zero attached hydrogens (tertiary/aromatic N) is 2. The molecule has 0 aliphatic rings. The smallest absolute Gasteiger partial charge is 0.143 e. The lowest BCUT2D eigenvalue weighted by Crippen LogP contribution is -2.38. The van der Waals surface area contributed by atoms with Crippen molar-refractivity contribution >= 4 is 11.5 Å². The molecule has 18 heavy (non-hydrogen) atoms. The molecule has 5 heteroatoms. The van der Waals surface area contributed by atoms with E-state index in [-0.39, 0.29) is 12.4 Å². The van der Waals surface area contributed by atoms with E-state index >= 15 is 0 Å². The Bertz CT molecular complexity index is 390. The van der Waals surface area contributed by atoms with Crippen molar-refractivity contribution in [3.05, 3.63) is 24.0 Å². The summed E-state index contributed by atoms with van der Waals surface area (Å²) < 4.78 is 0. The Kier molecular flexibility index (Phi) is 5.58. The number of anilines is 1. The molecule has 0 saturated carbocycles. The summed E-state index contributed by atoms with van der Waals surface area (Å²) in [5.41, 5.74) is 6.87. The van der Waals surface area contributed by atoms with Gasteiger partial charge in [-0.1, -0.05) is 13.8 Å². The second-order valence-electron chi connectivity index (χ2n) is 4.17. The molecular weight excluding hydrogens is 228 g/mol. The van der Waals surface area contributed by atoms with E-state index < -0.39 is 0 Å². The fraction of sp³-hybridized carbons (Fsp3) is 0.538. The lowest BCUT2D eigenvalue weighted by molar-refractivity contribution is 0.296. The van der Waals surface area contributed by atoms with Gasteiger partial charge in [-0.05, 0) is 25.0 Å². The average molecular weight is 250 g/mol. The van der Waals surface area contributed by atoms with Gasteiger partial charge in [-0.3, -0.25) is 10.4 Å². The van der Waals surface area contributed by atoms with Crippen LogP contribution in [0.15, 0.2) is 18.3 Å². The molecule has 1 aromatic rings. The highest BCUT2D eigenvalue weighted by Crippen LogP contribution is 2.22. The summed E-state index contributed by atoms with van der Waals surface area (Å²) in [6, 6.07) is 4.05. The minimum Gasteiger partial charge on any atom is -0.395 e. The van der Waals surface area contributed by atoms with Crippen LogP contribution >= 0.6 is 0 Å². The lowest BCUT2D eigenvalue weighted by Gasteiger charge is -2.33. The van der Waals surface area contributed by atoms with Gasteiger partial charge in [0.1, 0.15) is 11.5 Å². The second kappa shape index (κ2) is 6.96. The summed E-state index contributed by atoms with van der Waals surface area (Å²) in [6.45, 7) is 4.83. The Morgan fingerprint density at radius 3 is 2.67 bits per heavy atom. The molecule has 0 aliphatic heterocycles. The molecule has 1 heterocycles. The van der Waals surface area contributed by atoms with Crippen LogP contribution in [0.4, 0.5) is 5.69 Å². The van der Waals surface area contributed by atoms with Crippen LogP contribution in [0.25, 0.3) is 0 Å². The molecule has 0 aliphatic carbocycles. The molecule has 0 radical (unpaired) electrons. The van der Waals surface area contributed by atoms with Gasteiger partial charge in [-0.2, -0.15) is 0 Å². The topological polar surface area (TPSA) is 86.2 Å². The van der Waals surface area contributed by atoms with E-state index in [0.29, 0.717) is 18.3 Å². The predicted octanol–water partition coefficient (Wildman–Crippen LogP) is 1.35. The SMILES string of the molecule is CCC(CC)N(CCO)c1cccnc1C(=N)N. The zero-order chi connectivity index (χ0) is 13.5. The van der Waals surface area contributed by atoms with Gasteiger partial charge in [-0.15, -0.1) is 0 Å². The molecule has 4 N–H and O–H groups in total. The number of aliphatic hydroxyl groups excluding tert-OH is 1. The molecule has 0 aromatic carbocycles. The third kappa shape index (κ3) is 3.20. The average Bonchev–Trinajstić information content (AvgIpc) is 2.39. The van der Waals surface area contributed by atoms with Gasteiger partial charge >= 0.3 is 0 Å². The first-order valence-electron chi connectivity index (χ1n) is 6.32. The largest absolute Gasteiger partial charge is 0.395 e. The van der Waals surface area contributed by atoms with Crippen molar-refractivity contribution in [2.75, 3.05) is 18.1 Å². The summed E-state index contributed by atoms with van der Waals surface area (Å²) >= 11 is 0. The maximum Gasteiger partial charge on any atom is 0.143 e. The van der Waals surface area contributed by atoms with E-state index in [1.807, 2.05) is 12.1 Å². The summed E-state index contributed by atoms with van der Waals surface area (Å²) in [5.74, 6) is -0.0421. The minimum absolute atomic E-state index is 0.0421. The predicted molar refractivity (Wildman–Crippen MR) is 74.1 cm³/mol. The summed E-state index contributed by atoms with van der Waals surface area (Å²) in [7, 11) is 0. The summed E-state index contributed by atoms with van der Waals surface area (Å²) in [6.07, 6.45) is 3.58. The summed E-state index contributed by atoms with van der Waals surface area (Å²) in [5, 5.41) is 16.8. The number of nitrogens with one attached hydrogen (secondary N) is 1. The van der Waals surface area contributed by atoms with Crippen LogP contribution in [-0.2, 0) is 0 Å². The maximum atomic E-state index is 9.22. The number of rotatable bonds is 7. The van der Waals surface area contributed by atoms with Crippen LogP contribution in [0.5, 0.6) is 0 Å². The first-order chi connectivity index (χ1) is 8.65. The van der Waals surface area contributed by atoms with Crippen molar-refractivity contribution in [2.45, 2.75) is 32.7 Å². The Balaban J connectivity index is 3.16. The van der Waals surface area contributed by atoms with Crippen molar-refractivity contribution in [3.63, 3.8) is 0 Å². The number of hydrogen-bond acceptors (Lipinski definition) is 4. The molecule has 0 spiro atoms. The van der Waals surface area contributed by atoms with Gasteiger partial charge in [0.05, 0.1) is 12.3 Å². The molecule has 0 fully saturated rings. The van der Waals surface area contributed by atoms with Crippen molar-refractivity contribution in [2.24, 2.45) is 5.73 Å². The number of pyridine rings is 1. The van der Waals surface area contributed by atoms with E-state index in [0.717, 1.165) is 18.5 Å². The van der Waals surface area contributed by atoms with Gasteiger partial charge in [-0.25, -0.2) is 0 Å². The van der Waals surface area contributed by atoms with Gasteiger partial charge in [0, 0.05) is 18.8 Å². The molecule has 0 saturated heterocycles. The molecule has 0 bridgehead atoms. The third-order valence-corrected chi connectivity index (χ3v) is 3.08. The highest BCUT2D eigenvalue weighted by molar-refractivity contribution is 5.98. The zero-order valence-corrected chi connectivity index (χ0v) is 11.1. The van der Waals surface area contributed by atoms with E-state index in [4.69, 9.17) is 11.1 Å². The monoisotopic (exact) mass is 250 g/mol. The van der Waals surface area contributed by atoms with Crippen molar-refractivity contribution < 1.29 is 5.11 Å².